The molecule has 0 radical (unpaired) electrons. The van der Waals surface area contributed by atoms with Crippen molar-refractivity contribution in [1.29, 1.82) is 0 Å². The smallest absolute Gasteiger partial charge is 0.251 e. The van der Waals surface area contributed by atoms with Gasteiger partial charge in [0.1, 0.15) is 11.9 Å². The monoisotopic (exact) mass is 342 g/mol. The second-order valence-electron chi connectivity index (χ2n) is 6.54. The first-order valence-electron chi connectivity index (χ1n) is 8.22. The van der Waals surface area contributed by atoms with Gasteiger partial charge in [-0.15, -0.1) is 0 Å². The maximum atomic E-state index is 13.9. The van der Waals surface area contributed by atoms with E-state index in [-0.39, 0.29) is 17.5 Å². The third-order valence-corrected chi connectivity index (χ3v) is 3.90. The molecule has 1 unspecified atom stereocenters. The molecule has 2 rings (SSSR count). The van der Waals surface area contributed by atoms with Crippen LogP contribution in [0.4, 0.5) is 10.1 Å². The number of amides is 2. The van der Waals surface area contributed by atoms with Crippen LogP contribution in [0.3, 0.4) is 0 Å². The van der Waals surface area contributed by atoms with Crippen molar-refractivity contribution in [3.05, 3.63) is 65.0 Å². The number of hydrogen-bond donors (Lipinski definition) is 2. The Labute approximate surface area is 147 Å². The molecule has 2 aromatic rings. The summed E-state index contributed by atoms with van der Waals surface area (Å²) < 4.78 is 13.9. The SMILES string of the molecule is Cc1cccc(C(=O)NC(C(=O)Nc2cc(C)ccc2F)C(C)C)c1. The molecule has 132 valence electrons. The van der Waals surface area contributed by atoms with Crippen molar-refractivity contribution in [3.63, 3.8) is 0 Å². The molecule has 1 atom stereocenters. The van der Waals surface area contributed by atoms with Gasteiger partial charge in [-0.3, -0.25) is 9.59 Å². The van der Waals surface area contributed by atoms with E-state index < -0.39 is 17.8 Å². The molecule has 0 spiro atoms. The fourth-order valence-corrected chi connectivity index (χ4v) is 2.49. The number of carbonyl (C=O) groups is 2. The van der Waals surface area contributed by atoms with Crippen molar-refractivity contribution in [2.24, 2.45) is 5.92 Å². The van der Waals surface area contributed by atoms with Gasteiger partial charge >= 0.3 is 0 Å². The molecule has 5 heteroatoms. The van der Waals surface area contributed by atoms with E-state index >= 15 is 0 Å². The highest BCUT2D eigenvalue weighted by atomic mass is 19.1. The second kappa shape index (κ2) is 7.92. The van der Waals surface area contributed by atoms with Gasteiger partial charge in [0.25, 0.3) is 5.91 Å². The van der Waals surface area contributed by atoms with E-state index in [0.717, 1.165) is 11.1 Å². The van der Waals surface area contributed by atoms with E-state index in [2.05, 4.69) is 10.6 Å². The second-order valence-corrected chi connectivity index (χ2v) is 6.54. The average Bonchev–Trinajstić information content (AvgIpc) is 2.55. The number of halogens is 1. The number of benzene rings is 2. The van der Waals surface area contributed by atoms with Gasteiger partial charge in [0.2, 0.25) is 5.91 Å². The first-order chi connectivity index (χ1) is 11.8. The number of aryl methyl sites for hydroxylation is 2. The van der Waals surface area contributed by atoms with Crippen LogP contribution in [0.1, 0.15) is 35.3 Å². The zero-order valence-electron chi connectivity index (χ0n) is 14.9. The summed E-state index contributed by atoms with van der Waals surface area (Å²) in [6.45, 7) is 7.36. The molecule has 0 aliphatic rings. The number of hydrogen-bond acceptors (Lipinski definition) is 2. The van der Waals surface area contributed by atoms with Crippen LogP contribution < -0.4 is 10.6 Å². The first-order valence-corrected chi connectivity index (χ1v) is 8.22. The first kappa shape index (κ1) is 18.6. The minimum absolute atomic E-state index is 0.112. The molecule has 0 saturated carbocycles. The van der Waals surface area contributed by atoms with Gasteiger partial charge in [0.05, 0.1) is 5.69 Å². The average molecular weight is 342 g/mol. The Morgan fingerprint density at radius 3 is 2.32 bits per heavy atom. The lowest BCUT2D eigenvalue weighted by molar-refractivity contribution is -0.118. The Morgan fingerprint density at radius 1 is 1.00 bits per heavy atom. The highest BCUT2D eigenvalue weighted by molar-refractivity contribution is 6.01. The largest absolute Gasteiger partial charge is 0.340 e. The Bertz CT molecular complexity index is 787. The van der Waals surface area contributed by atoms with Crippen molar-refractivity contribution in [2.45, 2.75) is 33.7 Å². The van der Waals surface area contributed by atoms with Gasteiger partial charge in [-0.05, 0) is 49.6 Å². The van der Waals surface area contributed by atoms with Crippen LogP contribution in [0.25, 0.3) is 0 Å². The minimum atomic E-state index is -0.770. The molecule has 0 aromatic heterocycles. The van der Waals surface area contributed by atoms with Gasteiger partial charge in [0.15, 0.2) is 0 Å². The zero-order chi connectivity index (χ0) is 18.6. The van der Waals surface area contributed by atoms with Crippen molar-refractivity contribution in [1.82, 2.24) is 5.32 Å². The molecule has 2 aromatic carbocycles. The van der Waals surface area contributed by atoms with Crippen LogP contribution in [0.2, 0.25) is 0 Å². The Balaban J connectivity index is 2.15. The third kappa shape index (κ3) is 4.89. The lowest BCUT2D eigenvalue weighted by atomic mass is 10.0. The lowest BCUT2D eigenvalue weighted by Crippen LogP contribution is -2.47. The summed E-state index contributed by atoms with van der Waals surface area (Å²) in [7, 11) is 0. The summed E-state index contributed by atoms with van der Waals surface area (Å²) in [6, 6.07) is 10.9. The number of nitrogens with one attached hydrogen (secondary N) is 2. The highest BCUT2D eigenvalue weighted by Gasteiger charge is 2.25. The molecular weight excluding hydrogens is 319 g/mol. The predicted molar refractivity (Wildman–Crippen MR) is 97.0 cm³/mol. The van der Waals surface area contributed by atoms with E-state index in [9.17, 15) is 14.0 Å². The van der Waals surface area contributed by atoms with Gasteiger partial charge in [-0.2, -0.15) is 0 Å². The normalized spacial score (nSPS) is 11.9. The molecule has 0 aliphatic heterocycles. The molecular formula is C20H23FN2O2. The standard InChI is InChI=1S/C20H23FN2O2/c1-12(2)18(23-19(24)15-7-5-6-13(3)10-15)20(25)22-17-11-14(4)8-9-16(17)21/h5-12,18H,1-4H3,(H,22,25)(H,23,24). The van der Waals surface area contributed by atoms with Crippen molar-refractivity contribution in [2.75, 3.05) is 5.32 Å². The van der Waals surface area contributed by atoms with Gasteiger partial charge in [-0.1, -0.05) is 37.6 Å². The number of rotatable bonds is 5. The molecule has 0 heterocycles. The Kier molecular flexibility index (Phi) is 5.91. The van der Waals surface area contributed by atoms with E-state index in [4.69, 9.17) is 0 Å². The van der Waals surface area contributed by atoms with Crippen molar-refractivity contribution in [3.8, 4) is 0 Å². The van der Waals surface area contributed by atoms with Crippen LogP contribution in [0, 0.1) is 25.6 Å². The molecule has 0 aliphatic carbocycles. The lowest BCUT2D eigenvalue weighted by Gasteiger charge is -2.22. The summed E-state index contributed by atoms with van der Waals surface area (Å²) in [5, 5.41) is 5.31. The fourth-order valence-electron chi connectivity index (χ4n) is 2.49. The van der Waals surface area contributed by atoms with Crippen LogP contribution in [-0.2, 0) is 4.79 Å². The van der Waals surface area contributed by atoms with E-state index in [1.165, 1.54) is 6.07 Å². The van der Waals surface area contributed by atoms with Crippen LogP contribution >= 0.6 is 0 Å². The van der Waals surface area contributed by atoms with Crippen LogP contribution in [-0.4, -0.2) is 17.9 Å². The summed E-state index contributed by atoms with van der Waals surface area (Å²) in [5.74, 6) is -1.43. The number of carbonyl (C=O) groups excluding carboxylic acids is 2. The maximum absolute atomic E-state index is 13.9. The minimum Gasteiger partial charge on any atom is -0.340 e. The fraction of sp³-hybridized carbons (Fsp3) is 0.300. The summed E-state index contributed by atoms with van der Waals surface area (Å²) in [5.41, 5.74) is 2.39. The predicted octanol–water partition coefficient (Wildman–Crippen LogP) is 3.84. The van der Waals surface area contributed by atoms with Crippen LogP contribution in [0.5, 0.6) is 0 Å². The van der Waals surface area contributed by atoms with E-state index in [0.29, 0.717) is 5.56 Å². The van der Waals surface area contributed by atoms with Crippen molar-refractivity contribution >= 4 is 17.5 Å². The van der Waals surface area contributed by atoms with E-state index in [1.807, 2.05) is 33.8 Å². The molecule has 2 N–H and O–H groups in total. The summed E-state index contributed by atoms with van der Waals surface area (Å²) in [4.78, 5) is 25.0. The van der Waals surface area contributed by atoms with Gasteiger partial charge in [0, 0.05) is 5.56 Å². The quantitative estimate of drug-likeness (QED) is 0.867. The van der Waals surface area contributed by atoms with Crippen molar-refractivity contribution < 1.29 is 14.0 Å². The Morgan fingerprint density at radius 2 is 1.68 bits per heavy atom. The highest BCUT2D eigenvalue weighted by Crippen LogP contribution is 2.17. The Hall–Kier alpha value is -2.69. The van der Waals surface area contributed by atoms with Gasteiger partial charge in [-0.25, -0.2) is 4.39 Å². The summed E-state index contributed by atoms with van der Waals surface area (Å²) in [6.07, 6.45) is 0. The zero-order valence-corrected chi connectivity index (χ0v) is 14.9. The van der Waals surface area contributed by atoms with Gasteiger partial charge < -0.3 is 10.6 Å². The number of anilines is 1. The molecule has 25 heavy (non-hydrogen) atoms. The maximum Gasteiger partial charge on any atom is 0.251 e. The molecule has 4 nitrogen and oxygen atoms in total. The molecule has 0 fully saturated rings. The van der Waals surface area contributed by atoms with Crippen LogP contribution in [0.15, 0.2) is 42.5 Å². The van der Waals surface area contributed by atoms with E-state index in [1.54, 1.807) is 30.3 Å². The molecule has 0 saturated heterocycles. The topological polar surface area (TPSA) is 58.2 Å². The molecule has 0 bridgehead atoms. The molecule has 2 amide bonds. The summed E-state index contributed by atoms with van der Waals surface area (Å²) >= 11 is 0. The third-order valence-electron chi connectivity index (χ3n) is 3.90.